The van der Waals surface area contributed by atoms with Crippen molar-refractivity contribution < 1.29 is 29.0 Å². The van der Waals surface area contributed by atoms with Crippen LogP contribution in [-0.4, -0.2) is 41.6 Å². The molecule has 30 heavy (non-hydrogen) atoms. The Hall–Kier alpha value is -1.69. The predicted molar refractivity (Wildman–Crippen MR) is 107 cm³/mol. The standard InChI is InChI=1S/C24H32O6/c1-22-7-4-14(25)10-13(22)11-15(21(28)29-3)19-16-5-8-24(9-6-18(27)30-24)23(16,2)12-17(26)20(19)22/h10,15-17,19-20,26H,4-9,11-12H2,1-3H3/t15-,16-,17+,19+,20+,22-,23-,24+/m0/s1. The highest BCUT2D eigenvalue weighted by Crippen LogP contribution is 2.70. The van der Waals surface area contributed by atoms with Gasteiger partial charge in [0.2, 0.25) is 0 Å². The summed E-state index contributed by atoms with van der Waals surface area (Å²) in [6.45, 7) is 4.33. The first-order valence-electron chi connectivity index (χ1n) is 11.4. The normalized spacial score (nSPS) is 49.7. The van der Waals surface area contributed by atoms with Gasteiger partial charge in [-0.2, -0.15) is 0 Å². The highest BCUT2D eigenvalue weighted by molar-refractivity contribution is 5.92. The summed E-state index contributed by atoms with van der Waals surface area (Å²) in [6, 6.07) is 0. The molecule has 0 unspecified atom stereocenters. The molecule has 1 heterocycles. The minimum atomic E-state index is -0.611. The Morgan fingerprint density at radius 2 is 1.97 bits per heavy atom. The summed E-state index contributed by atoms with van der Waals surface area (Å²) in [7, 11) is 1.42. The maximum absolute atomic E-state index is 12.9. The van der Waals surface area contributed by atoms with Crippen molar-refractivity contribution >= 4 is 17.7 Å². The largest absolute Gasteiger partial charge is 0.469 e. The van der Waals surface area contributed by atoms with Gasteiger partial charge in [-0.15, -0.1) is 0 Å². The fraction of sp³-hybridized carbons (Fsp3) is 0.792. The van der Waals surface area contributed by atoms with Crippen molar-refractivity contribution in [3.8, 4) is 0 Å². The highest BCUT2D eigenvalue weighted by atomic mass is 16.6. The Morgan fingerprint density at radius 1 is 1.20 bits per heavy atom. The number of allylic oxidation sites excluding steroid dienone is 1. The summed E-state index contributed by atoms with van der Waals surface area (Å²) < 4.78 is 11.2. The third-order valence-corrected chi connectivity index (χ3v) is 9.79. The fourth-order valence-electron chi connectivity index (χ4n) is 8.35. The average molecular weight is 417 g/mol. The lowest BCUT2D eigenvalue weighted by molar-refractivity contribution is -0.197. The summed E-state index contributed by atoms with van der Waals surface area (Å²) in [5.41, 5.74) is -0.168. The fourth-order valence-corrected chi connectivity index (χ4v) is 8.35. The number of carbonyl (C=O) groups excluding carboxylic acids is 3. The second kappa shape index (κ2) is 6.41. The molecule has 0 aromatic heterocycles. The van der Waals surface area contributed by atoms with Crippen molar-refractivity contribution in [1.82, 2.24) is 0 Å². The van der Waals surface area contributed by atoms with E-state index < -0.39 is 11.7 Å². The van der Waals surface area contributed by atoms with E-state index in [-0.39, 0.29) is 52.2 Å². The first-order valence-corrected chi connectivity index (χ1v) is 11.4. The van der Waals surface area contributed by atoms with Crippen LogP contribution in [-0.2, 0) is 23.9 Å². The Morgan fingerprint density at radius 3 is 2.63 bits per heavy atom. The van der Waals surface area contributed by atoms with Crippen LogP contribution >= 0.6 is 0 Å². The van der Waals surface area contributed by atoms with Gasteiger partial charge in [0, 0.05) is 18.3 Å². The molecule has 0 aromatic carbocycles. The molecule has 6 heteroatoms. The Balaban J connectivity index is 1.62. The van der Waals surface area contributed by atoms with Crippen LogP contribution in [0.1, 0.15) is 65.2 Å². The number of aliphatic hydroxyl groups is 1. The number of carbonyl (C=O) groups is 3. The van der Waals surface area contributed by atoms with Gasteiger partial charge in [0.1, 0.15) is 5.60 Å². The van der Waals surface area contributed by atoms with Gasteiger partial charge >= 0.3 is 11.9 Å². The van der Waals surface area contributed by atoms with Gasteiger partial charge < -0.3 is 14.6 Å². The second-order valence-corrected chi connectivity index (χ2v) is 10.8. The summed E-state index contributed by atoms with van der Waals surface area (Å²) in [6.07, 6.45) is 6.21. The minimum absolute atomic E-state index is 0.0415. The van der Waals surface area contributed by atoms with Crippen LogP contribution in [0.5, 0.6) is 0 Å². The molecule has 164 valence electrons. The molecule has 1 saturated heterocycles. The van der Waals surface area contributed by atoms with E-state index in [4.69, 9.17) is 9.47 Å². The molecule has 1 aliphatic heterocycles. The van der Waals surface area contributed by atoms with Crippen LogP contribution in [0.15, 0.2) is 11.6 Å². The van der Waals surface area contributed by atoms with Crippen molar-refractivity contribution in [3.63, 3.8) is 0 Å². The van der Waals surface area contributed by atoms with E-state index in [2.05, 4.69) is 13.8 Å². The van der Waals surface area contributed by atoms with Crippen LogP contribution in [0.25, 0.3) is 0 Å². The molecular formula is C24H32O6. The number of ketones is 1. The van der Waals surface area contributed by atoms with Gasteiger partial charge in [-0.1, -0.05) is 19.4 Å². The smallest absolute Gasteiger partial charge is 0.309 e. The molecule has 1 N–H and O–H groups in total. The number of aliphatic hydroxyl groups excluding tert-OH is 1. The monoisotopic (exact) mass is 416 g/mol. The summed E-state index contributed by atoms with van der Waals surface area (Å²) >= 11 is 0. The third kappa shape index (κ3) is 2.43. The van der Waals surface area contributed by atoms with E-state index in [0.29, 0.717) is 38.5 Å². The third-order valence-electron chi connectivity index (χ3n) is 9.79. The Kier molecular flexibility index (Phi) is 4.32. The zero-order valence-electron chi connectivity index (χ0n) is 18.1. The number of hydrogen-bond donors (Lipinski definition) is 1. The van der Waals surface area contributed by atoms with Gasteiger partial charge in [0.25, 0.3) is 0 Å². The van der Waals surface area contributed by atoms with Crippen LogP contribution < -0.4 is 0 Å². The van der Waals surface area contributed by atoms with Crippen LogP contribution in [0.3, 0.4) is 0 Å². The first kappa shape index (κ1) is 20.2. The zero-order chi connectivity index (χ0) is 21.5. The van der Waals surface area contributed by atoms with Crippen molar-refractivity contribution in [2.24, 2.45) is 34.5 Å². The molecule has 1 spiro atoms. The number of esters is 2. The van der Waals surface area contributed by atoms with E-state index in [1.807, 2.05) is 0 Å². The first-order chi connectivity index (χ1) is 14.1. The Labute approximate surface area is 177 Å². The lowest BCUT2D eigenvalue weighted by Gasteiger charge is -2.62. The van der Waals surface area contributed by atoms with E-state index in [1.54, 1.807) is 6.08 Å². The van der Waals surface area contributed by atoms with Crippen molar-refractivity contribution in [1.29, 1.82) is 0 Å². The number of ether oxygens (including phenoxy) is 2. The average Bonchev–Trinajstić information content (AvgIpc) is 3.21. The van der Waals surface area contributed by atoms with E-state index >= 15 is 0 Å². The lowest BCUT2D eigenvalue weighted by Crippen LogP contribution is -2.62. The number of hydrogen-bond acceptors (Lipinski definition) is 6. The molecule has 8 atom stereocenters. The topological polar surface area (TPSA) is 89.9 Å². The van der Waals surface area contributed by atoms with Gasteiger partial charge in [0.05, 0.1) is 19.1 Å². The Bertz CT molecular complexity index is 847. The van der Waals surface area contributed by atoms with Crippen molar-refractivity contribution in [2.75, 3.05) is 7.11 Å². The van der Waals surface area contributed by atoms with Crippen LogP contribution in [0.4, 0.5) is 0 Å². The van der Waals surface area contributed by atoms with Crippen molar-refractivity contribution in [2.45, 2.75) is 76.9 Å². The van der Waals surface area contributed by atoms with Crippen LogP contribution in [0.2, 0.25) is 0 Å². The van der Waals surface area contributed by atoms with Gasteiger partial charge in [0.15, 0.2) is 5.78 Å². The van der Waals surface area contributed by atoms with Gasteiger partial charge in [-0.05, 0) is 67.8 Å². The molecule has 0 amide bonds. The molecule has 5 rings (SSSR count). The molecular weight excluding hydrogens is 384 g/mol. The SMILES string of the molecule is COC(=O)[C@H]1CC2=CC(=O)CC[C@]2(C)[C@H]2[C@H]1[C@@H]1CC[C@@]3(CCC(=O)O3)[C@@]1(C)C[C@H]2O. The molecule has 5 aliphatic rings. The number of fused-ring (bicyclic) bond motifs is 6. The quantitative estimate of drug-likeness (QED) is 0.661. The lowest BCUT2D eigenvalue weighted by atomic mass is 9.43. The summed E-state index contributed by atoms with van der Waals surface area (Å²) in [5.74, 6) is -0.636. The number of rotatable bonds is 1. The maximum atomic E-state index is 12.9. The summed E-state index contributed by atoms with van der Waals surface area (Å²) in [5, 5.41) is 11.6. The van der Waals surface area contributed by atoms with Crippen LogP contribution in [0, 0.1) is 34.5 Å². The zero-order valence-corrected chi connectivity index (χ0v) is 18.1. The van der Waals surface area contributed by atoms with E-state index in [1.165, 1.54) is 7.11 Å². The van der Waals surface area contributed by atoms with E-state index in [0.717, 1.165) is 18.4 Å². The van der Waals surface area contributed by atoms with Gasteiger partial charge in [-0.25, -0.2) is 0 Å². The molecule has 4 fully saturated rings. The molecule has 0 radical (unpaired) electrons. The molecule has 6 nitrogen and oxygen atoms in total. The van der Waals surface area contributed by atoms with Crippen molar-refractivity contribution in [3.05, 3.63) is 11.6 Å². The molecule has 0 aromatic rings. The van der Waals surface area contributed by atoms with Gasteiger partial charge in [-0.3, -0.25) is 14.4 Å². The predicted octanol–water partition coefficient (Wildman–Crippen LogP) is 2.96. The minimum Gasteiger partial charge on any atom is -0.469 e. The van der Waals surface area contributed by atoms with E-state index in [9.17, 15) is 19.5 Å². The highest BCUT2D eigenvalue weighted by Gasteiger charge is 2.71. The summed E-state index contributed by atoms with van der Waals surface area (Å²) in [4.78, 5) is 37.2. The molecule has 4 aliphatic carbocycles. The number of methoxy groups -OCH3 is 1. The molecule has 3 saturated carbocycles. The maximum Gasteiger partial charge on any atom is 0.309 e. The molecule has 0 bridgehead atoms. The second-order valence-electron chi connectivity index (χ2n) is 10.8.